The molecule has 0 fully saturated rings. The summed E-state index contributed by atoms with van der Waals surface area (Å²) in [6.07, 6.45) is 2.77. The Morgan fingerprint density at radius 3 is 3.00 bits per heavy atom. The molecule has 3 aromatic rings. The van der Waals surface area contributed by atoms with Crippen molar-refractivity contribution in [3.8, 4) is 0 Å². The SMILES string of the molecule is CCC(C)Nc1ncc(C)c(Nc2ccc3oc(=O)[nH]c3c2)n1. The summed E-state index contributed by atoms with van der Waals surface area (Å²) in [7, 11) is 0. The van der Waals surface area contributed by atoms with Crippen LogP contribution in [0.3, 0.4) is 0 Å². The Kier molecular flexibility index (Phi) is 4.01. The first-order chi connectivity index (χ1) is 11.0. The molecule has 1 unspecified atom stereocenters. The summed E-state index contributed by atoms with van der Waals surface area (Å²) in [5.41, 5.74) is 2.91. The summed E-state index contributed by atoms with van der Waals surface area (Å²) in [6, 6.07) is 5.69. The monoisotopic (exact) mass is 313 g/mol. The number of anilines is 3. The summed E-state index contributed by atoms with van der Waals surface area (Å²) < 4.78 is 5.00. The lowest BCUT2D eigenvalue weighted by Crippen LogP contribution is -2.16. The van der Waals surface area contributed by atoms with E-state index in [-0.39, 0.29) is 0 Å². The van der Waals surface area contributed by atoms with Gasteiger partial charge >= 0.3 is 5.76 Å². The van der Waals surface area contributed by atoms with Crippen LogP contribution >= 0.6 is 0 Å². The standard InChI is InChI=1S/C16H19N5O2/c1-4-10(3)18-15-17-8-9(2)14(21-15)19-11-5-6-13-12(7-11)20-16(22)23-13/h5-8,10H,4H2,1-3H3,(H,20,22)(H2,17,18,19,21). The summed E-state index contributed by atoms with van der Waals surface area (Å²) in [5, 5.41) is 6.50. The average Bonchev–Trinajstić information content (AvgIpc) is 2.89. The van der Waals surface area contributed by atoms with Crippen molar-refractivity contribution in [1.29, 1.82) is 0 Å². The molecule has 0 saturated carbocycles. The Labute approximate surface area is 133 Å². The number of hydrogen-bond donors (Lipinski definition) is 3. The van der Waals surface area contributed by atoms with Crippen LogP contribution in [0, 0.1) is 6.92 Å². The second-order valence-electron chi connectivity index (χ2n) is 5.53. The van der Waals surface area contributed by atoms with Crippen LogP contribution in [-0.4, -0.2) is 21.0 Å². The van der Waals surface area contributed by atoms with E-state index in [0.29, 0.717) is 23.1 Å². The first kappa shape index (κ1) is 15.1. The number of aryl methyl sites for hydroxylation is 1. The van der Waals surface area contributed by atoms with Gasteiger partial charge in [0, 0.05) is 23.5 Å². The first-order valence-corrected chi connectivity index (χ1v) is 7.55. The zero-order valence-corrected chi connectivity index (χ0v) is 13.3. The summed E-state index contributed by atoms with van der Waals surface area (Å²) >= 11 is 0. The highest BCUT2D eigenvalue weighted by atomic mass is 16.4. The maximum absolute atomic E-state index is 11.2. The summed E-state index contributed by atoms with van der Waals surface area (Å²) in [5.74, 6) is 0.844. The molecule has 0 saturated heterocycles. The molecule has 3 N–H and O–H groups in total. The molecular weight excluding hydrogens is 294 g/mol. The van der Waals surface area contributed by atoms with E-state index in [9.17, 15) is 4.79 Å². The smallest absolute Gasteiger partial charge is 0.408 e. The Bertz CT molecular complexity index is 884. The van der Waals surface area contributed by atoms with Crippen molar-refractivity contribution in [2.24, 2.45) is 0 Å². The molecule has 2 heterocycles. The lowest BCUT2D eigenvalue weighted by molar-refractivity contribution is 0.555. The second kappa shape index (κ2) is 6.12. The van der Waals surface area contributed by atoms with Gasteiger partial charge in [-0.2, -0.15) is 4.98 Å². The second-order valence-corrected chi connectivity index (χ2v) is 5.53. The number of rotatable bonds is 5. The van der Waals surface area contributed by atoms with Crippen molar-refractivity contribution in [3.63, 3.8) is 0 Å². The number of benzene rings is 1. The fourth-order valence-corrected chi connectivity index (χ4v) is 2.13. The maximum atomic E-state index is 11.2. The number of nitrogens with zero attached hydrogens (tertiary/aromatic N) is 2. The quantitative estimate of drug-likeness (QED) is 0.669. The van der Waals surface area contributed by atoms with Crippen molar-refractivity contribution in [3.05, 3.63) is 40.5 Å². The van der Waals surface area contributed by atoms with Crippen LogP contribution in [0.25, 0.3) is 11.1 Å². The molecule has 120 valence electrons. The fourth-order valence-electron chi connectivity index (χ4n) is 2.13. The minimum atomic E-state index is -0.463. The molecule has 23 heavy (non-hydrogen) atoms. The molecule has 0 amide bonds. The first-order valence-electron chi connectivity index (χ1n) is 7.55. The average molecular weight is 313 g/mol. The lowest BCUT2D eigenvalue weighted by Gasteiger charge is -2.14. The number of hydrogen-bond acceptors (Lipinski definition) is 6. The van der Waals surface area contributed by atoms with Crippen LogP contribution in [0.15, 0.2) is 33.6 Å². The predicted molar refractivity (Wildman–Crippen MR) is 90.3 cm³/mol. The molecule has 0 bridgehead atoms. The minimum Gasteiger partial charge on any atom is -0.408 e. The molecule has 0 spiro atoms. The van der Waals surface area contributed by atoms with Gasteiger partial charge in [-0.1, -0.05) is 6.92 Å². The molecule has 2 aromatic heterocycles. The van der Waals surface area contributed by atoms with Crippen LogP contribution in [-0.2, 0) is 0 Å². The maximum Gasteiger partial charge on any atom is 0.417 e. The van der Waals surface area contributed by atoms with Gasteiger partial charge in [0.1, 0.15) is 5.82 Å². The molecule has 0 radical (unpaired) electrons. The molecule has 7 nitrogen and oxygen atoms in total. The predicted octanol–water partition coefficient (Wildman–Crippen LogP) is 3.17. The van der Waals surface area contributed by atoms with Crippen LogP contribution in [0.2, 0.25) is 0 Å². The number of nitrogens with one attached hydrogen (secondary N) is 3. The molecule has 1 aromatic carbocycles. The van der Waals surface area contributed by atoms with Gasteiger partial charge in [0.25, 0.3) is 0 Å². The third-order valence-electron chi connectivity index (χ3n) is 3.64. The van der Waals surface area contributed by atoms with E-state index in [0.717, 1.165) is 23.5 Å². The van der Waals surface area contributed by atoms with E-state index in [1.54, 1.807) is 12.3 Å². The molecule has 0 aliphatic heterocycles. The zero-order valence-electron chi connectivity index (χ0n) is 13.3. The normalized spacial score (nSPS) is 12.3. The van der Waals surface area contributed by atoms with Crippen LogP contribution in [0.5, 0.6) is 0 Å². The van der Waals surface area contributed by atoms with Gasteiger partial charge in [-0.3, -0.25) is 4.98 Å². The number of aromatic amines is 1. The van der Waals surface area contributed by atoms with E-state index in [4.69, 9.17) is 4.42 Å². The van der Waals surface area contributed by atoms with Crippen molar-refractivity contribution in [1.82, 2.24) is 15.0 Å². The zero-order chi connectivity index (χ0) is 16.4. The van der Waals surface area contributed by atoms with Crippen LogP contribution in [0.4, 0.5) is 17.5 Å². The number of H-pyrrole nitrogens is 1. The van der Waals surface area contributed by atoms with Gasteiger partial charge in [-0.25, -0.2) is 9.78 Å². The highest BCUT2D eigenvalue weighted by Gasteiger charge is 2.08. The lowest BCUT2D eigenvalue weighted by atomic mass is 10.2. The molecular formula is C16H19N5O2. The van der Waals surface area contributed by atoms with Crippen LogP contribution < -0.4 is 16.4 Å². The van der Waals surface area contributed by atoms with E-state index >= 15 is 0 Å². The van der Waals surface area contributed by atoms with Gasteiger partial charge in [-0.15, -0.1) is 0 Å². The summed E-state index contributed by atoms with van der Waals surface area (Å²) in [6.45, 7) is 6.12. The number of fused-ring (bicyclic) bond motifs is 1. The molecule has 7 heteroatoms. The Morgan fingerprint density at radius 2 is 2.22 bits per heavy atom. The van der Waals surface area contributed by atoms with E-state index in [1.165, 1.54) is 0 Å². The van der Waals surface area contributed by atoms with Crippen molar-refractivity contribution < 1.29 is 4.42 Å². The van der Waals surface area contributed by atoms with Crippen LogP contribution in [0.1, 0.15) is 25.8 Å². The van der Waals surface area contributed by atoms with E-state index in [1.807, 2.05) is 19.1 Å². The van der Waals surface area contributed by atoms with Gasteiger partial charge in [-0.05, 0) is 38.5 Å². The Hall–Kier alpha value is -2.83. The molecule has 0 aliphatic carbocycles. The van der Waals surface area contributed by atoms with Gasteiger partial charge in [0.15, 0.2) is 5.58 Å². The third-order valence-corrected chi connectivity index (χ3v) is 3.64. The van der Waals surface area contributed by atoms with Crippen molar-refractivity contribution in [2.45, 2.75) is 33.2 Å². The third kappa shape index (κ3) is 3.33. The fraction of sp³-hybridized carbons (Fsp3) is 0.312. The van der Waals surface area contributed by atoms with Crippen molar-refractivity contribution in [2.75, 3.05) is 10.6 Å². The molecule has 0 aliphatic rings. The topological polar surface area (TPSA) is 95.8 Å². The Balaban J connectivity index is 1.87. The van der Waals surface area contributed by atoms with E-state index in [2.05, 4.69) is 39.4 Å². The summed E-state index contributed by atoms with van der Waals surface area (Å²) in [4.78, 5) is 22.7. The minimum absolute atomic E-state index is 0.304. The number of oxazole rings is 1. The number of aromatic nitrogens is 3. The van der Waals surface area contributed by atoms with Gasteiger partial charge in [0.05, 0.1) is 5.52 Å². The van der Waals surface area contributed by atoms with Gasteiger partial charge < -0.3 is 15.1 Å². The molecule has 1 atom stereocenters. The van der Waals surface area contributed by atoms with Crippen molar-refractivity contribution >= 4 is 28.6 Å². The van der Waals surface area contributed by atoms with Gasteiger partial charge in [0.2, 0.25) is 5.95 Å². The highest BCUT2D eigenvalue weighted by molar-refractivity contribution is 5.78. The highest BCUT2D eigenvalue weighted by Crippen LogP contribution is 2.22. The Morgan fingerprint density at radius 1 is 1.39 bits per heavy atom. The largest absolute Gasteiger partial charge is 0.417 e. The molecule has 3 rings (SSSR count). The van der Waals surface area contributed by atoms with E-state index < -0.39 is 5.76 Å².